The van der Waals surface area contributed by atoms with Crippen LogP contribution in [0.5, 0.6) is 0 Å². The van der Waals surface area contributed by atoms with Gasteiger partial charge < -0.3 is 5.32 Å². The van der Waals surface area contributed by atoms with Crippen molar-refractivity contribution in [2.75, 3.05) is 12.3 Å². The van der Waals surface area contributed by atoms with Gasteiger partial charge in [0.15, 0.2) is 0 Å². The van der Waals surface area contributed by atoms with E-state index in [0.717, 1.165) is 12.3 Å². The van der Waals surface area contributed by atoms with Crippen molar-refractivity contribution < 1.29 is 4.21 Å². The Morgan fingerprint density at radius 3 is 2.80 bits per heavy atom. The van der Waals surface area contributed by atoms with Crippen LogP contribution in [-0.2, 0) is 10.8 Å². The maximum Gasteiger partial charge on any atom is 0.0445 e. The lowest BCUT2D eigenvalue weighted by molar-refractivity contribution is 0.538. The first-order valence-electron chi connectivity index (χ1n) is 5.34. The summed E-state index contributed by atoms with van der Waals surface area (Å²) in [5, 5.41) is 3.75. The van der Waals surface area contributed by atoms with Gasteiger partial charge in [0, 0.05) is 34.4 Å². The molecule has 0 radical (unpaired) electrons. The monoisotopic (exact) mass is 223 g/mol. The summed E-state index contributed by atoms with van der Waals surface area (Å²) in [7, 11) is -0.686. The minimum atomic E-state index is -0.686. The highest BCUT2D eigenvalue weighted by Crippen LogP contribution is 2.22. The third kappa shape index (κ3) is 2.29. The Labute approximate surface area is 93.5 Å². The normalized spacial score (nSPS) is 31.5. The van der Waals surface area contributed by atoms with Crippen LogP contribution in [0.2, 0.25) is 0 Å². The second kappa shape index (κ2) is 4.45. The molecule has 1 fully saturated rings. The first-order valence-corrected chi connectivity index (χ1v) is 6.73. The smallest absolute Gasteiger partial charge is 0.0445 e. The van der Waals surface area contributed by atoms with Crippen LogP contribution in [0.4, 0.5) is 0 Å². The van der Waals surface area contributed by atoms with Gasteiger partial charge in [-0.25, -0.2) is 0 Å². The molecule has 3 heteroatoms. The Balaban J connectivity index is 2.19. The molecule has 3 atom stereocenters. The number of hydrogen-bond acceptors (Lipinski definition) is 2. The van der Waals surface area contributed by atoms with E-state index in [1.54, 1.807) is 0 Å². The zero-order valence-electron chi connectivity index (χ0n) is 9.19. The molecular weight excluding hydrogens is 206 g/mol. The molecule has 1 N–H and O–H groups in total. The lowest BCUT2D eigenvalue weighted by Crippen LogP contribution is -2.41. The molecule has 2 rings (SSSR count). The summed E-state index contributed by atoms with van der Waals surface area (Å²) in [5.41, 5.74) is 2.57. The van der Waals surface area contributed by atoms with E-state index in [1.165, 1.54) is 11.1 Å². The molecule has 1 aliphatic rings. The molecule has 0 bridgehead atoms. The quantitative estimate of drug-likeness (QED) is 0.786. The van der Waals surface area contributed by atoms with Gasteiger partial charge in [0.2, 0.25) is 0 Å². The highest BCUT2D eigenvalue weighted by Gasteiger charge is 2.25. The van der Waals surface area contributed by atoms with Crippen molar-refractivity contribution in [1.82, 2.24) is 5.32 Å². The molecule has 2 nitrogen and oxygen atoms in total. The Hall–Kier alpha value is -0.670. The van der Waals surface area contributed by atoms with Gasteiger partial charge in [-0.2, -0.15) is 0 Å². The average Bonchev–Trinajstić information content (AvgIpc) is 2.23. The molecule has 0 aliphatic carbocycles. The second-order valence-corrected chi connectivity index (χ2v) is 6.08. The van der Waals surface area contributed by atoms with Crippen molar-refractivity contribution in [2.24, 2.45) is 0 Å². The zero-order chi connectivity index (χ0) is 10.8. The predicted octanol–water partition coefficient (Wildman–Crippen LogP) is 1.78. The van der Waals surface area contributed by atoms with Gasteiger partial charge in [0.25, 0.3) is 0 Å². The van der Waals surface area contributed by atoms with Gasteiger partial charge in [-0.3, -0.25) is 4.21 Å². The Kier molecular flexibility index (Phi) is 3.22. The van der Waals surface area contributed by atoms with E-state index in [4.69, 9.17) is 0 Å². The highest BCUT2D eigenvalue weighted by atomic mass is 32.2. The maximum atomic E-state index is 11.8. The van der Waals surface area contributed by atoms with E-state index in [0.29, 0.717) is 0 Å². The third-order valence-corrected chi connectivity index (χ3v) is 4.72. The van der Waals surface area contributed by atoms with Gasteiger partial charge in [0.05, 0.1) is 0 Å². The maximum absolute atomic E-state index is 11.8. The summed E-state index contributed by atoms with van der Waals surface area (Å²) >= 11 is 0. The Bertz CT molecular complexity index is 378. The number of aryl methyl sites for hydroxylation is 1. The minimum Gasteiger partial charge on any atom is -0.308 e. The number of benzene rings is 1. The van der Waals surface area contributed by atoms with E-state index in [-0.39, 0.29) is 11.3 Å². The van der Waals surface area contributed by atoms with Crippen molar-refractivity contribution in [3.8, 4) is 0 Å². The van der Waals surface area contributed by atoms with E-state index in [2.05, 4.69) is 24.4 Å². The Morgan fingerprint density at radius 2 is 2.13 bits per heavy atom. The summed E-state index contributed by atoms with van der Waals surface area (Å²) in [6.07, 6.45) is 0. The topological polar surface area (TPSA) is 29.1 Å². The van der Waals surface area contributed by atoms with Crippen LogP contribution in [-0.4, -0.2) is 21.8 Å². The van der Waals surface area contributed by atoms with Crippen molar-refractivity contribution in [2.45, 2.75) is 25.1 Å². The molecule has 82 valence electrons. The van der Waals surface area contributed by atoms with Crippen LogP contribution >= 0.6 is 0 Å². The molecule has 0 aromatic heterocycles. The molecule has 1 aromatic carbocycles. The van der Waals surface area contributed by atoms with Crippen LogP contribution in [0.3, 0.4) is 0 Å². The number of nitrogens with one attached hydrogen (secondary N) is 1. The van der Waals surface area contributed by atoms with Crippen molar-refractivity contribution in [3.63, 3.8) is 0 Å². The van der Waals surface area contributed by atoms with Gasteiger partial charge in [0.1, 0.15) is 0 Å². The molecule has 1 aliphatic heterocycles. The lowest BCUT2D eigenvalue weighted by atomic mass is 10.0. The number of hydrogen-bond donors (Lipinski definition) is 1. The summed E-state index contributed by atoms with van der Waals surface area (Å²) in [5.74, 6) is 0.742. The fraction of sp³-hybridized carbons (Fsp3) is 0.500. The summed E-state index contributed by atoms with van der Waals surface area (Å²) in [6.45, 7) is 5.00. The molecule has 3 unspecified atom stereocenters. The van der Waals surface area contributed by atoms with Gasteiger partial charge in [-0.15, -0.1) is 0 Å². The fourth-order valence-electron chi connectivity index (χ4n) is 1.97. The molecule has 1 saturated heterocycles. The van der Waals surface area contributed by atoms with Gasteiger partial charge in [-0.05, 0) is 25.0 Å². The molecule has 0 spiro atoms. The predicted molar refractivity (Wildman–Crippen MR) is 64.4 cm³/mol. The SMILES string of the molecule is Cc1ccccc1C1CS(=O)C(C)CN1. The third-order valence-electron chi connectivity index (χ3n) is 3.00. The molecule has 0 amide bonds. The van der Waals surface area contributed by atoms with Crippen molar-refractivity contribution in [1.29, 1.82) is 0 Å². The van der Waals surface area contributed by atoms with Crippen molar-refractivity contribution in [3.05, 3.63) is 35.4 Å². The zero-order valence-corrected chi connectivity index (χ0v) is 10.0. The van der Waals surface area contributed by atoms with Crippen LogP contribution in [0, 0.1) is 6.92 Å². The highest BCUT2D eigenvalue weighted by molar-refractivity contribution is 7.85. The summed E-state index contributed by atoms with van der Waals surface area (Å²) in [4.78, 5) is 0. The molecular formula is C12H17NOS. The first kappa shape index (κ1) is 10.8. The lowest BCUT2D eigenvalue weighted by Gasteiger charge is -2.28. The largest absolute Gasteiger partial charge is 0.308 e. The van der Waals surface area contributed by atoms with Gasteiger partial charge in [-0.1, -0.05) is 24.3 Å². The van der Waals surface area contributed by atoms with Crippen LogP contribution < -0.4 is 5.32 Å². The number of rotatable bonds is 1. The van der Waals surface area contributed by atoms with Crippen molar-refractivity contribution >= 4 is 10.8 Å². The second-order valence-electron chi connectivity index (χ2n) is 4.18. The van der Waals surface area contributed by atoms with Crippen LogP contribution in [0.15, 0.2) is 24.3 Å². The first-order chi connectivity index (χ1) is 7.18. The Morgan fingerprint density at radius 1 is 1.40 bits per heavy atom. The molecule has 15 heavy (non-hydrogen) atoms. The van der Waals surface area contributed by atoms with Crippen LogP contribution in [0.1, 0.15) is 24.1 Å². The molecule has 0 saturated carbocycles. The van der Waals surface area contributed by atoms with E-state index >= 15 is 0 Å². The fourth-order valence-corrected chi connectivity index (χ4v) is 3.20. The summed E-state index contributed by atoms with van der Waals surface area (Å²) in [6, 6.07) is 8.59. The summed E-state index contributed by atoms with van der Waals surface area (Å²) < 4.78 is 11.8. The van der Waals surface area contributed by atoms with E-state index in [9.17, 15) is 4.21 Å². The average molecular weight is 223 g/mol. The standard InChI is InChI=1S/C12H17NOS/c1-9-5-3-4-6-11(9)12-8-15(14)10(2)7-13-12/h3-6,10,12-13H,7-8H2,1-2H3. The van der Waals surface area contributed by atoms with E-state index < -0.39 is 10.8 Å². The van der Waals surface area contributed by atoms with Crippen LogP contribution in [0.25, 0.3) is 0 Å². The molecule has 1 aromatic rings. The van der Waals surface area contributed by atoms with Gasteiger partial charge >= 0.3 is 0 Å². The minimum absolute atomic E-state index is 0.267. The van der Waals surface area contributed by atoms with E-state index in [1.807, 2.05) is 19.1 Å². The molecule has 1 heterocycles.